The third kappa shape index (κ3) is 2.64. The fourth-order valence-electron chi connectivity index (χ4n) is 2.78. The number of pyridine rings is 2. The van der Waals surface area contributed by atoms with E-state index in [-0.39, 0.29) is 12.5 Å². The molecule has 0 amide bonds. The quantitative estimate of drug-likeness (QED) is 0.587. The highest BCUT2D eigenvalue weighted by molar-refractivity contribution is 5.83. The Labute approximate surface area is 153 Å². The number of ether oxygens (including phenoxy) is 1. The SMILES string of the molecule is [2H]C([2H])([2H])Oc1ccc2nc(-c3cccnc3N)n(-c3ccc(CO)cc3)c2n1. The molecule has 0 fully saturated rings. The molecule has 0 saturated carbocycles. The van der Waals surface area contributed by atoms with Gasteiger partial charge in [0, 0.05) is 18.0 Å². The first kappa shape index (κ1) is 12.8. The van der Waals surface area contributed by atoms with Gasteiger partial charge in [-0.3, -0.25) is 4.57 Å². The van der Waals surface area contributed by atoms with Crippen molar-refractivity contribution in [2.75, 3.05) is 12.8 Å². The predicted octanol–water partition coefficient (Wildman–Crippen LogP) is 2.57. The molecule has 0 atom stereocenters. The van der Waals surface area contributed by atoms with Gasteiger partial charge in [0.1, 0.15) is 11.3 Å². The number of nitrogens with zero attached hydrogens (tertiary/aromatic N) is 4. The molecule has 1 aromatic carbocycles. The Morgan fingerprint density at radius 2 is 2.00 bits per heavy atom. The van der Waals surface area contributed by atoms with Crippen molar-refractivity contribution in [3.05, 3.63) is 60.3 Å². The Morgan fingerprint density at radius 3 is 2.73 bits per heavy atom. The van der Waals surface area contributed by atoms with Crippen LogP contribution in [0.4, 0.5) is 5.82 Å². The number of nitrogens with two attached hydrogens (primary N) is 1. The minimum Gasteiger partial charge on any atom is -0.481 e. The molecule has 7 nitrogen and oxygen atoms in total. The van der Waals surface area contributed by atoms with E-state index in [1.807, 2.05) is 12.1 Å². The van der Waals surface area contributed by atoms with Gasteiger partial charge >= 0.3 is 0 Å². The predicted molar refractivity (Wildman–Crippen MR) is 99.0 cm³/mol. The summed E-state index contributed by atoms with van der Waals surface area (Å²) in [5.41, 5.74) is 9.07. The molecule has 4 rings (SSSR count). The minimum atomic E-state index is -2.62. The minimum absolute atomic E-state index is 0.0451. The summed E-state index contributed by atoms with van der Waals surface area (Å²) in [5.74, 6) is 0.757. The maximum absolute atomic E-state index is 9.32. The molecule has 0 radical (unpaired) electrons. The number of aliphatic hydroxyl groups excluding tert-OH is 1. The monoisotopic (exact) mass is 350 g/mol. The number of rotatable bonds is 4. The van der Waals surface area contributed by atoms with Gasteiger partial charge in [-0.25, -0.2) is 9.97 Å². The molecule has 26 heavy (non-hydrogen) atoms. The molecule has 7 heteroatoms. The zero-order chi connectivity index (χ0) is 20.6. The van der Waals surface area contributed by atoms with Gasteiger partial charge in [0.2, 0.25) is 5.88 Å². The average Bonchev–Trinajstić information content (AvgIpc) is 3.05. The summed E-state index contributed by atoms with van der Waals surface area (Å²) >= 11 is 0. The molecule has 3 N–H and O–H groups in total. The van der Waals surface area contributed by atoms with Crippen LogP contribution in [0.25, 0.3) is 28.2 Å². The number of benzene rings is 1. The summed E-state index contributed by atoms with van der Waals surface area (Å²) in [7, 11) is -2.62. The number of imidazole rings is 1. The molecule has 4 aromatic rings. The summed E-state index contributed by atoms with van der Waals surface area (Å²) in [6.45, 7) is -0.0812. The summed E-state index contributed by atoms with van der Waals surface area (Å²) in [6, 6.07) is 13.8. The molecule has 0 saturated heterocycles. The number of methoxy groups -OCH3 is 1. The van der Waals surface area contributed by atoms with Crippen molar-refractivity contribution in [2.24, 2.45) is 0 Å². The van der Waals surface area contributed by atoms with Crippen molar-refractivity contribution in [1.29, 1.82) is 0 Å². The van der Waals surface area contributed by atoms with Crippen molar-refractivity contribution < 1.29 is 14.0 Å². The Balaban J connectivity index is 1.97. The van der Waals surface area contributed by atoms with Crippen molar-refractivity contribution in [1.82, 2.24) is 19.5 Å². The molecular formula is C19H17N5O2. The molecule has 0 bridgehead atoms. The van der Waals surface area contributed by atoms with Crippen molar-refractivity contribution in [2.45, 2.75) is 6.61 Å². The van der Waals surface area contributed by atoms with Crippen LogP contribution >= 0.6 is 0 Å². The van der Waals surface area contributed by atoms with E-state index in [2.05, 4.69) is 15.0 Å². The first-order valence-electron chi connectivity index (χ1n) is 9.35. The van der Waals surface area contributed by atoms with Crippen LogP contribution in [0.1, 0.15) is 9.68 Å². The van der Waals surface area contributed by atoms with E-state index in [4.69, 9.17) is 14.6 Å². The van der Waals surface area contributed by atoms with Crippen LogP contribution < -0.4 is 10.5 Å². The lowest BCUT2D eigenvalue weighted by Crippen LogP contribution is -2.02. The molecule has 0 spiro atoms. The van der Waals surface area contributed by atoms with E-state index in [1.54, 1.807) is 41.1 Å². The van der Waals surface area contributed by atoms with Gasteiger partial charge in [0.25, 0.3) is 0 Å². The summed E-state index contributed by atoms with van der Waals surface area (Å²) in [4.78, 5) is 13.1. The molecule has 0 unspecified atom stereocenters. The fraction of sp³-hybridized carbons (Fsp3) is 0.105. The lowest BCUT2D eigenvalue weighted by atomic mass is 10.2. The molecule has 3 aromatic heterocycles. The third-order valence-corrected chi connectivity index (χ3v) is 4.04. The van der Waals surface area contributed by atoms with Gasteiger partial charge in [0.05, 0.1) is 23.3 Å². The molecular weight excluding hydrogens is 330 g/mol. The van der Waals surface area contributed by atoms with Crippen LogP contribution in [0.2, 0.25) is 0 Å². The Bertz CT molecular complexity index is 1170. The Kier molecular flexibility index (Phi) is 3.19. The highest BCUT2D eigenvalue weighted by Gasteiger charge is 2.18. The number of aliphatic hydroxyl groups is 1. The molecule has 3 heterocycles. The highest BCUT2D eigenvalue weighted by Crippen LogP contribution is 2.31. The van der Waals surface area contributed by atoms with E-state index < -0.39 is 7.04 Å². The number of aromatic nitrogens is 4. The summed E-state index contributed by atoms with van der Waals surface area (Å²) < 4.78 is 28.6. The first-order valence-corrected chi connectivity index (χ1v) is 7.85. The Hall–Kier alpha value is -3.45. The number of nitrogen functional groups attached to an aromatic ring is 1. The van der Waals surface area contributed by atoms with Crippen molar-refractivity contribution in [3.8, 4) is 23.0 Å². The number of fused-ring (bicyclic) bond motifs is 1. The molecule has 130 valence electrons. The second-order valence-corrected chi connectivity index (χ2v) is 5.63. The van der Waals surface area contributed by atoms with Gasteiger partial charge < -0.3 is 15.6 Å². The normalized spacial score (nSPS) is 13.2. The largest absolute Gasteiger partial charge is 0.481 e. The molecule has 0 aliphatic carbocycles. The van der Waals surface area contributed by atoms with E-state index in [9.17, 15) is 5.11 Å². The van der Waals surface area contributed by atoms with E-state index in [0.29, 0.717) is 34.1 Å². The van der Waals surface area contributed by atoms with Crippen LogP contribution in [0.3, 0.4) is 0 Å². The Morgan fingerprint density at radius 1 is 1.15 bits per heavy atom. The van der Waals surface area contributed by atoms with Gasteiger partial charge in [-0.05, 0) is 35.9 Å². The topological polar surface area (TPSA) is 99.1 Å². The number of anilines is 1. The lowest BCUT2D eigenvalue weighted by molar-refractivity contribution is 0.282. The second-order valence-electron chi connectivity index (χ2n) is 5.63. The second kappa shape index (κ2) is 6.45. The number of hydrogen-bond acceptors (Lipinski definition) is 6. The van der Waals surface area contributed by atoms with Crippen LogP contribution in [0, 0.1) is 0 Å². The van der Waals surface area contributed by atoms with Crippen LogP contribution in [0.15, 0.2) is 54.7 Å². The smallest absolute Gasteiger partial charge is 0.215 e. The lowest BCUT2D eigenvalue weighted by Gasteiger charge is -2.11. The van der Waals surface area contributed by atoms with E-state index in [1.165, 1.54) is 6.07 Å². The van der Waals surface area contributed by atoms with Gasteiger partial charge in [-0.2, -0.15) is 4.98 Å². The zero-order valence-corrected chi connectivity index (χ0v) is 13.6. The highest BCUT2D eigenvalue weighted by atomic mass is 16.5. The van der Waals surface area contributed by atoms with E-state index in [0.717, 1.165) is 5.56 Å². The standard InChI is InChI=1S/C19H17N5O2/c1-26-16-9-8-15-19(23-16)24(13-6-4-12(11-25)5-7-13)18(22-15)14-3-2-10-21-17(14)20/h2-10,25H,11H2,1H3,(H2,20,21)/i1D3. The average molecular weight is 350 g/mol. The maximum atomic E-state index is 9.32. The fourth-order valence-corrected chi connectivity index (χ4v) is 2.78. The summed E-state index contributed by atoms with van der Waals surface area (Å²) in [6.07, 6.45) is 1.59. The van der Waals surface area contributed by atoms with E-state index >= 15 is 0 Å². The van der Waals surface area contributed by atoms with Crippen molar-refractivity contribution in [3.63, 3.8) is 0 Å². The van der Waals surface area contributed by atoms with Crippen LogP contribution in [-0.2, 0) is 6.61 Å². The van der Waals surface area contributed by atoms with Crippen molar-refractivity contribution >= 4 is 17.0 Å². The van der Waals surface area contributed by atoms with Gasteiger partial charge in [-0.1, -0.05) is 12.1 Å². The third-order valence-electron chi connectivity index (χ3n) is 4.04. The molecule has 0 aliphatic rings. The first-order chi connectivity index (χ1) is 13.9. The van der Waals surface area contributed by atoms with Gasteiger partial charge in [0.15, 0.2) is 11.5 Å². The molecule has 0 aliphatic heterocycles. The van der Waals surface area contributed by atoms with Crippen LogP contribution in [0.5, 0.6) is 5.88 Å². The zero-order valence-electron chi connectivity index (χ0n) is 16.6. The number of hydrogen-bond donors (Lipinski definition) is 2. The maximum Gasteiger partial charge on any atom is 0.215 e. The van der Waals surface area contributed by atoms with Gasteiger partial charge in [-0.15, -0.1) is 0 Å². The van der Waals surface area contributed by atoms with Crippen LogP contribution in [-0.4, -0.2) is 31.7 Å². The summed E-state index contributed by atoms with van der Waals surface area (Å²) in [5, 5.41) is 9.32.